The number of ether oxygens (including phenoxy) is 2. The van der Waals surface area contributed by atoms with Crippen LogP contribution in [0, 0.1) is 0 Å². The fourth-order valence-electron chi connectivity index (χ4n) is 3.00. The van der Waals surface area contributed by atoms with Crippen LogP contribution in [0.2, 0.25) is 0 Å². The first-order valence-electron chi connectivity index (χ1n) is 9.37. The van der Waals surface area contributed by atoms with Crippen LogP contribution in [0.15, 0.2) is 60.9 Å². The van der Waals surface area contributed by atoms with E-state index in [1.54, 1.807) is 11.0 Å². The van der Waals surface area contributed by atoms with E-state index in [2.05, 4.69) is 0 Å². The molecule has 1 aliphatic heterocycles. The Morgan fingerprint density at radius 2 is 1.69 bits per heavy atom. The second-order valence-electron chi connectivity index (χ2n) is 6.79. The van der Waals surface area contributed by atoms with Gasteiger partial charge in [-0.2, -0.15) is 13.2 Å². The van der Waals surface area contributed by atoms with Crippen molar-refractivity contribution in [1.82, 2.24) is 4.90 Å². The summed E-state index contributed by atoms with van der Waals surface area (Å²) >= 11 is 0. The second-order valence-corrected chi connectivity index (χ2v) is 6.79. The number of carbonyl (C=O) groups is 1. The molecule has 1 aliphatic rings. The molecule has 2 aromatic rings. The predicted molar refractivity (Wildman–Crippen MR) is 103 cm³/mol. The highest BCUT2D eigenvalue weighted by Crippen LogP contribution is 2.29. The van der Waals surface area contributed by atoms with Crippen molar-refractivity contribution in [3.63, 3.8) is 0 Å². The van der Waals surface area contributed by atoms with Gasteiger partial charge in [-0.1, -0.05) is 42.5 Å². The first kappa shape index (κ1) is 20.8. The quantitative estimate of drug-likeness (QED) is 0.617. The molecular weight excluding hydrogens is 383 g/mol. The van der Waals surface area contributed by atoms with Crippen LogP contribution in [0.25, 0.3) is 6.08 Å². The van der Waals surface area contributed by atoms with Crippen molar-refractivity contribution < 1.29 is 27.4 Å². The van der Waals surface area contributed by atoms with Crippen LogP contribution in [0.5, 0.6) is 0 Å². The molecule has 1 saturated heterocycles. The van der Waals surface area contributed by atoms with Gasteiger partial charge in [-0.25, -0.2) is 4.79 Å². The van der Waals surface area contributed by atoms with Crippen molar-refractivity contribution in [2.24, 2.45) is 0 Å². The fraction of sp³-hybridized carbons (Fsp3) is 0.318. The lowest BCUT2D eigenvalue weighted by atomic mass is 10.1. The van der Waals surface area contributed by atoms with Crippen LogP contribution in [-0.2, 0) is 22.3 Å². The topological polar surface area (TPSA) is 38.8 Å². The van der Waals surface area contributed by atoms with Crippen LogP contribution in [-0.4, -0.2) is 30.2 Å². The van der Waals surface area contributed by atoms with E-state index < -0.39 is 11.7 Å². The van der Waals surface area contributed by atoms with Gasteiger partial charge in [0.25, 0.3) is 0 Å². The third-order valence-corrected chi connectivity index (χ3v) is 4.67. The summed E-state index contributed by atoms with van der Waals surface area (Å²) in [6.45, 7) is 1.31. The molecule has 0 saturated carbocycles. The minimum absolute atomic E-state index is 0.0427. The van der Waals surface area contributed by atoms with Crippen LogP contribution < -0.4 is 0 Å². The number of rotatable bonds is 5. The molecule has 0 N–H and O–H groups in total. The van der Waals surface area contributed by atoms with Crippen LogP contribution in [0.4, 0.5) is 18.0 Å². The fourth-order valence-corrected chi connectivity index (χ4v) is 3.00. The van der Waals surface area contributed by atoms with Gasteiger partial charge in [-0.15, -0.1) is 0 Å². The Balaban J connectivity index is 1.39. The number of likely N-dealkylation sites (tertiary alicyclic amines) is 1. The number of nitrogens with zero attached hydrogens (tertiary/aromatic N) is 1. The number of carbonyl (C=O) groups excluding carboxylic acids is 1. The summed E-state index contributed by atoms with van der Waals surface area (Å²) < 4.78 is 48.7. The maximum atomic E-state index is 12.6. The molecule has 0 bridgehead atoms. The number of benzene rings is 2. The Morgan fingerprint density at radius 3 is 2.31 bits per heavy atom. The third-order valence-electron chi connectivity index (χ3n) is 4.67. The van der Waals surface area contributed by atoms with Gasteiger partial charge in [0.2, 0.25) is 0 Å². The summed E-state index contributed by atoms with van der Waals surface area (Å²) in [6, 6.07) is 14.4. The first-order valence-corrected chi connectivity index (χ1v) is 9.37. The zero-order chi connectivity index (χ0) is 20.7. The second kappa shape index (κ2) is 9.49. The van der Waals surface area contributed by atoms with E-state index in [0.29, 0.717) is 31.5 Å². The third kappa shape index (κ3) is 6.27. The monoisotopic (exact) mass is 405 g/mol. The molecule has 1 fully saturated rings. The Morgan fingerprint density at radius 1 is 1.03 bits per heavy atom. The SMILES string of the molecule is O=C(OCc1ccccc1)N1CCC(OC=Cc2ccc(C(F)(F)F)cc2)CC1. The maximum absolute atomic E-state index is 12.6. The molecule has 3 rings (SSSR count). The number of piperidine rings is 1. The highest BCUT2D eigenvalue weighted by molar-refractivity contribution is 5.67. The largest absolute Gasteiger partial charge is 0.498 e. The predicted octanol–water partition coefficient (Wildman–Crippen LogP) is 5.49. The van der Waals surface area contributed by atoms with Crippen LogP contribution in [0.3, 0.4) is 0 Å². The Bertz CT molecular complexity index is 811. The van der Waals surface area contributed by atoms with E-state index in [1.165, 1.54) is 18.4 Å². The Labute approximate surface area is 167 Å². The standard InChI is InChI=1S/C22H22F3NO3/c23-22(24,25)19-8-6-17(7-9-19)12-15-28-20-10-13-26(14-11-20)21(27)29-16-18-4-2-1-3-5-18/h1-9,12,15,20H,10-11,13-14,16H2. The van der Waals surface area contributed by atoms with E-state index in [9.17, 15) is 18.0 Å². The average Bonchev–Trinajstić information content (AvgIpc) is 2.73. The zero-order valence-corrected chi connectivity index (χ0v) is 15.8. The number of alkyl halides is 3. The zero-order valence-electron chi connectivity index (χ0n) is 15.8. The number of halogens is 3. The molecule has 1 heterocycles. The molecule has 4 nitrogen and oxygen atoms in total. The highest BCUT2D eigenvalue weighted by Gasteiger charge is 2.29. The summed E-state index contributed by atoms with van der Waals surface area (Å²) in [7, 11) is 0. The van der Waals surface area contributed by atoms with Gasteiger partial charge in [0.15, 0.2) is 0 Å². The molecule has 0 radical (unpaired) electrons. The minimum Gasteiger partial charge on any atom is -0.498 e. The van der Waals surface area contributed by atoms with Crippen molar-refractivity contribution in [3.8, 4) is 0 Å². The van der Waals surface area contributed by atoms with Gasteiger partial charge in [0.05, 0.1) is 11.8 Å². The maximum Gasteiger partial charge on any atom is 0.416 e. The van der Waals surface area contributed by atoms with E-state index in [-0.39, 0.29) is 18.8 Å². The first-order chi connectivity index (χ1) is 13.9. The van der Waals surface area contributed by atoms with E-state index >= 15 is 0 Å². The lowest BCUT2D eigenvalue weighted by Gasteiger charge is -2.30. The molecular formula is C22H22F3NO3. The van der Waals surface area contributed by atoms with Gasteiger partial charge in [-0.3, -0.25) is 0 Å². The van der Waals surface area contributed by atoms with Crippen molar-refractivity contribution in [2.75, 3.05) is 13.1 Å². The summed E-state index contributed by atoms with van der Waals surface area (Å²) in [6.07, 6.45) is -0.270. The number of hydrogen-bond donors (Lipinski definition) is 0. The van der Waals surface area contributed by atoms with Gasteiger partial charge >= 0.3 is 12.3 Å². The summed E-state index contributed by atoms with van der Waals surface area (Å²) in [5, 5.41) is 0. The molecule has 0 aliphatic carbocycles. The number of amides is 1. The Kier molecular flexibility index (Phi) is 6.80. The summed E-state index contributed by atoms with van der Waals surface area (Å²) in [5.74, 6) is 0. The molecule has 0 unspecified atom stereocenters. The van der Waals surface area contributed by atoms with Gasteiger partial charge in [0.1, 0.15) is 12.7 Å². The lowest BCUT2D eigenvalue weighted by Crippen LogP contribution is -2.40. The summed E-state index contributed by atoms with van der Waals surface area (Å²) in [5.41, 5.74) is 0.884. The normalized spacial score (nSPS) is 15.5. The smallest absolute Gasteiger partial charge is 0.416 e. The van der Waals surface area contributed by atoms with Gasteiger partial charge in [0, 0.05) is 25.9 Å². The summed E-state index contributed by atoms with van der Waals surface area (Å²) in [4.78, 5) is 13.8. The number of hydrogen-bond acceptors (Lipinski definition) is 3. The van der Waals surface area contributed by atoms with Crippen LogP contribution in [0.1, 0.15) is 29.5 Å². The van der Waals surface area contributed by atoms with Crippen molar-refractivity contribution in [1.29, 1.82) is 0 Å². The molecule has 2 aromatic carbocycles. The molecule has 0 spiro atoms. The van der Waals surface area contributed by atoms with E-state index in [0.717, 1.165) is 17.7 Å². The molecule has 1 amide bonds. The minimum atomic E-state index is -4.34. The van der Waals surface area contributed by atoms with Crippen molar-refractivity contribution >= 4 is 12.2 Å². The molecule has 154 valence electrons. The highest BCUT2D eigenvalue weighted by atomic mass is 19.4. The molecule has 0 aromatic heterocycles. The Hall–Kier alpha value is -2.96. The van der Waals surface area contributed by atoms with Crippen molar-refractivity contribution in [3.05, 3.63) is 77.5 Å². The van der Waals surface area contributed by atoms with E-state index in [4.69, 9.17) is 9.47 Å². The van der Waals surface area contributed by atoms with Gasteiger partial charge < -0.3 is 14.4 Å². The van der Waals surface area contributed by atoms with Crippen molar-refractivity contribution in [2.45, 2.75) is 31.7 Å². The van der Waals surface area contributed by atoms with Crippen LogP contribution >= 0.6 is 0 Å². The van der Waals surface area contributed by atoms with E-state index in [1.807, 2.05) is 30.3 Å². The lowest BCUT2D eigenvalue weighted by molar-refractivity contribution is -0.137. The average molecular weight is 405 g/mol. The molecule has 0 atom stereocenters. The molecule has 29 heavy (non-hydrogen) atoms. The van der Waals surface area contributed by atoms with Gasteiger partial charge in [-0.05, 0) is 29.3 Å². The molecule has 7 heteroatoms.